The first-order valence-corrected chi connectivity index (χ1v) is 7.50. The molecular weight excluding hydrogens is 240 g/mol. The van der Waals surface area contributed by atoms with E-state index in [2.05, 4.69) is 17.0 Å². The highest BCUT2D eigenvalue weighted by Crippen LogP contribution is 2.30. The summed E-state index contributed by atoms with van der Waals surface area (Å²) in [5.41, 5.74) is 0.976. The van der Waals surface area contributed by atoms with Crippen LogP contribution in [0.3, 0.4) is 0 Å². The van der Waals surface area contributed by atoms with Crippen LogP contribution in [0, 0.1) is 12.8 Å². The van der Waals surface area contributed by atoms with E-state index in [1.54, 1.807) is 0 Å². The molecule has 1 heterocycles. The van der Waals surface area contributed by atoms with Gasteiger partial charge in [-0.05, 0) is 38.5 Å². The normalized spacial score (nSPS) is 24.0. The van der Waals surface area contributed by atoms with Gasteiger partial charge in [0.15, 0.2) is 0 Å². The lowest BCUT2D eigenvalue weighted by Crippen LogP contribution is -2.39. The average molecular weight is 266 g/mol. The highest BCUT2D eigenvalue weighted by Gasteiger charge is 2.25. The van der Waals surface area contributed by atoms with Gasteiger partial charge in [-0.25, -0.2) is 0 Å². The molecule has 1 aromatic rings. The molecule has 108 valence electrons. The zero-order valence-electron chi connectivity index (χ0n) is 12.1. The first-order chi connectivity index (χ1) is 9.22. The lowest BCUT2D eigenvalue weighted by atomic mass is 9.84. The van der Waals surface area contributed by atoms with Crippen LogP contribution in [0.15, 0.2) is 10.6 Å². The number of hydrogen-bond acceptors (Lipinski definition) is 4. The highest BCUT2D eigenvalue weighted by molar-refractivity contribution is 5.03. The molecule has 0 spiro atoms. The number of nitrogens with zero attached hydrogens (tertiary/aromatic N) is 2. The molecule has 19 heavy (non-hydrogen) atoms. The molecule has 0 amide bonds. The summed E-state index contributed by atoms with van der Waals surface area (Å²) in [6.45, 7) is 5.94. The summed E-state index contributed by atoms with van der Waals surface area (Å²) in [6, 6.07) is 2.58. The van der Waals surface area contributed by atoms with Crippen molar-refractivity contribution in [3.05, 3.63) is 17.5 Å². The van der Waals surface area contributed by atoms with E-state index in [4.69, 9.17) is 4.52 Å². The minimum atomic E-state index is 0.213. The van der Waals surface area contributed by atoms with Crippen molar-refractivity contribution in [1.29, 1.82) is 0 Å². The number of aryl methyl sites for hydroxylation is 1. The molecule has 1 aliphatic carbocycles. The maximum Gasteiger partial charge on any atom is 0.133 e. The van der Waals surface area contributed by atoms with Gasteiger partial charge in [-0.2, -0.15) is 0 Å². The Balaban J connectivity index is 1.92. The predicted molar refractivity (Wildman–Crippen MR) is 74.8 cm³/mol. The zero-order chi connectivity index (χ0) is 13.7. The largest absolute Gasteiger partial charge is 0.395 e. The molecule has 4 heteroatoms. The van der Waals surface area contributed by atoms with Crippen molar-refractivity contribution in [2.24, 2.45) is 5.92 Å². The molecule has 0 bridgehead atoms. The van der Waals surface area contributed by atoms with Crippen LogP contribution in [0.25, 0.3) is 0 Å². The molecule has 1 aromatic heterocycles. The summed E-state index contributed by atoms with van der Waals surface area (Å²) in [4.78, 5) is 2.36. The first-order valence-electron chi connectivity index (χ1n) is 7.50. The second kappa shape index (κ2) is 7.06. The summed E-state index contributed by atoms with van der Waals surface area (Å²) in [7, 11) is 0. The molecule has 1 aliphatic rings. The standard InChI is InChI=1S/C15H26N2O2/c1-3-13-4-6-15(7-5-13)17(8-9-18)11-14-10-12(2)19-16-14/h10,13,15,18H,3-9,11H2,1-2H3. The van der Waals surface area contributed by atoms with Crippen molar-refractivity contribution in [2.45, 2.75) is 58.5 Å². The summed E-state index contributed by atoms with van der Waals surface area (Å²) >= 11 is 0. The van der Waals surface area contributed by atoms with Crippen LogP contribution in [0.2, 0.25) is 0 Å². The van der Waals surface area contributed by atoms with Crippen LogP contribution in [0.4, 0.5) is 0 Å². The average Bonchev–Trinajstić information content (AvgIpc) is 2.84. The van der Waals surface area contributed by atoms with Gasteiger partial charge in [-0.15, -0.1) is 0 Å². The fourth-order valence-electron chi connectivity index (χ4n) is 3.14. The molecule has 0 aliphatic heterocycles. The lowest BCUT2D eigenvalue weighted by molar-refractivity contribution is 0.101. The minimum Gasteiger partial charge on any atom is -0.395 e. The quantitative estimate of drug-likeness (QED) is 0.860. The van der Waals surface area contributed by atoms with Gasteiger partial charge >= 0.3 is 0 Å². The second-order valence-electron chi connectivity index (χ2n) is 5.71. The second-order valence-corrected chi connectivity index (χ2v) is 5.71. The van der Waals surface area contributed by atoms with E-state index in [9.17, 15) is 5.11 Å². The third-order valence-corrected chi connectivity index (χ3v) is 4.34. The van der Waals surface area contributed by atoms with Gasteiger partial charge in [0.25, 0.3) is 0 Å². The van der Waals surface area contributed by atoms with Crippen LogP contribution in [-0.4, -0.2) is 34.4 Å². The number of aromatic nitrogens is 1. The van der Waals surface area contributed by atoms with E-state index in [-0.39, 0.29) is 6.61 Å². The van der Waals surface area contributed by atoms with Gasteiger partial charge in [0.2, 0.25) is 0 Å². The maximum absolute atomic E-state index is 9.26. The fourth-order valence-corrected chi connectivity index (χ4v) is 3.14. The van der Waals surface area contributed by atoms with Gasteiger partial charge in [0.05, 0.1) is 12.3 Å². The van der Waals surface area contributed by atoms with E-state index in [1.165, 1.54) is 32.1 Å². The van der Waals surface area contributed by atoms with Crippen molar-refractivity contribution < 1.29 is 9.63 Å². The smallest absolute Gasteiger partial charge is 0.133 e. The van der Waals surface area contributed by atoms with Crippen molar-refractivity contribution in [3.8, 4) is 0 Å². The van der Waals surface area contributed by atoms with Gasteiger partial charge in [0.1, 0.15) is 5.76 Å². The van der Waals surface area contributed by atoms with E-state index in [1.807, 2.05) is 13.0 Å². The van der Waals surface area contributed by atoms with Gasteiger partial charge in [0, 0.05) is 25.2 Å². The molecule has 2 rings (SSSR count). The summed E-state index contributed by atoms with van der Waals surface area (Å²) in [5.74, 6) is 1.76. The van der Waals surface area contributed by atoms with E-state index >= 15 is 0 Å². The van der Waals surface area contributed by atoms with Crippen LogP contribution in [0.5, 0.6) is 0 Å². The topological polar surface area (TPSA) is 49.5 Å². The molecule has 0 saturated heterocycles. The van der Waals surface area contributed by atoms with Crippen molar-refractivity contribution in [1.82, 2.24) is 10.1 Å². The van der Waals surface area contributed by atoms with E-state index < -0.39 is 0 Å². The van der Waals surface area contributed by atoms with E-state index in [0.29, 0.717) is 6.04 Å². The lowest BCUT2D eigenvalue weighted by Gasteiger charge is -2.36. The Bertz CT molecular complexity index is 370. The van der Waals surface area contributed by atoms with Crippen LogP contribution >= 0.6 is 0 Å². The Labute approximate surface area is 115 Å². The third-order valence-electron chi connectivity index (χ3n) is 4.34. The van der Waals surface area contributed by atoms with Crippen molar-refractivity contribution >= 4 is 0 Å². The molecule has 1 N–H and O–H groups in total. The Morgan fingerprint density at radius 3 is 2.63 bits per heavy atom. The molecule has 4 nitrogen and oxygen atoms in total. The summed E-state index contributed by atoms with van der Waals surface area (Å²) in [6.07, 6.45) is 6.43. The highest BCUT2D eigenvalue weighted by atomic mass is 16.5. The summed E-state index contributed by atoms with van der Waals surface area (Å²) < 4.78 is 5.13. The Morgan fingerprint density at radius 1 is 1.37 bits per heavy atom. The third kappa shape index (κ3) is 4.05. The molecule has 0 aromatic carbocycles. The van der Waals surface area contributed by atoms with Crippen LogP contribution < -0.4 is 0 Å². The first kappa shape index (κ1) is 14.5. The van der Waals surface area contributed by atoms with Gasteiger partial charge < -0.3 is 9.63 Å². The number of hydrogen-bond donors (Lipinski definition) is 1. The minimum absolute atomic E-state index is 0.213. The number of rotatable bonds is 6. The predicted octanol–water partition coefficient (Wildman–Crippen LogP) is 2.75. The molecule has 1 fully saturated rings. The Hall–Kier alpha value is -0.870. The van der Waals surface area contributed by atoms with Crippen LogP contribution in [0.1, 0.15) is 50.5 Å². The molecule has 0 unspecified atom stereocenters. The van der Waals surface area contributed by atoms with Gasteiger partial charge in [-0.3, -0.25) is 4.90 Å². The number of aliphatic hydroxyl groups is 1. The summed E-state index contributed by atoms with van der Waals surface area (Å²) in [5, 5.41) is 13.3. The van der Waals surface area contributed by atoms with Gasteiger partial charge in [-0.1, -0.05) is 18.5 Å². The SMILES string of the molecule is CCC1CCC(N(CCO)Cc2cc(C)on2)CC1. The molecule has 0 radical (unpaired) electrons. The van der Waals surface area contributed by atoms with E-state index in [0.717, 1.165) is 30.5 Å². The van der Waals surface area contributed by atoms with Crippen molar-refractivity contribution in [2.75, 3.05) is 13.2 Å². The van der Waals surface area contributed by atoms with Crippen LogP contribution in [-0.2, 0) is 6.54 Å². The monoisotopic (exact) mass is 266 g/mol. The Kier molecular flexibility index (Phi) is 5.40. The molecule has 0 atom stereocenters. The van der Waals surface area contributed by atoms with Crippen molar-refractivity contribution in [3.63, 3.8) is 0 Å². The maximum atomic E-state index is 9.26. The number of aliphatic hydroxyl groups excluding tert-OH is 1. The molecule has 1 saturated carbocycles. The fraction of sp³-hybridized carbons (Fsp3) is 0.800. The molecular formula is C15H26N2O2. The Morgan fingerprint density at radius 2 is 2.11 bits per heavy atom. The zero-order valence-corrected chi connectivity index (χ0v) is 12.1.